The van der Waals surface area contributed by atoms with E-state index in [2.05, 4.69) is 20.5 Å². The molecule has 3 aromatic rings. The Hall–Kier alpha value is -3.41. The van der Waals surface area contributed by atoms with Crippen molar-refractivity contribution in [3.8, 4) is 17.0 Å². The van der Waals surface area contributed by atoms with E-state index in [1.807, 2.05) is 61.5 Å². The van der Waals surface area contributed by atoms with Crippen LogP contribution in [0.25, 0.3) is 11.3 Å². The lowest BCUT2D eigenvalue weighted by molar-refractivity contribution is 0.340. The molecule has 0 amide bonds. The van der Waals surface area contributed by atoms with Gasteiger partial charge in [-0.2, -0.15) is 5.10 Å². The van der Waals surface area contributed by atoms with Crippen LogP contribution in [0, 0.1) is 0 Å². The number of hydrogen-bond acceptors (Lipinski definition) is 5. The molecule has 2 aromatic carbocycles. The van der Waals surface area contributed by atoms with Gasteiger partial charge in [-0.05, 0) is 19.1 Å². The van der Waals surface area contributed by atoms with Crippen LogP contribution in [0.1, 0.15) is 12.5 Å². The summed E-state index contributed by atoms with van der Waals surface area (Å²) in [6.45, 7) is 2.50. The average Bonchev–Trinajstić information content (AvgIpc) is 2.64. The highest BCUT2D eigenvalue weighted by Crippen LogP contribution is 2.17. The van der Waals surface area contributed by atoms with Crippen LogP contribution in [0.15, 0.2) is 70.6 Å². The molecule has 0 unspecified atom stereocenters. The summed E-state index contributed by atoms with van der Waals surface area (Å²) in [5.41, 5.74) is 4.79. The van der Waals surface area contributed by atoms with E-state index in [9.17, 15) is 4.79 Å². The van der Waals surface area contributed by atoms with E-state index in [1.54, 1.807) is 6.21 Å². The molecular weight excluding hydrogens is 316 g/mol. The molecule has 25 heavy (non-hydrogen) atoms. The maximum absolute atomic E-state index is 11.8. The number of hydrazone groups is 1. The van der Waals surface area contributed by atoms with Gasteiger partial charge in [0.15, 0.2) is 0 Å². The van der Waals surface area contributed by atoms with Crippen LogP contribution in [-0.2, 0) is 0 Å². The maximum atomic E-state index is 11.8. The third-order valence-electron chi connectivity index (χ3n) is 3.40. The summed E-state index contributed by atoms with van der Waals surface area (Å²) >= 11 is 0. The van der Waals surface area contributed by atoms with E-state index in [0.29, 0.717) is 12.3 Å². The summed E-state index contributed by atoms with van der Waals surface area (Å²) in [5, 5.41) is 4.14. The number of aromatic nitrogens is 2. The van der Waals surface area contributed by atoms with Gasteiger partial charge in [0, 0.05) is 17.2 Å². The number of H-pyrrole nitrogens is 1. The second-order valence-electron chi connectivity index (χ2n) is 5.19. The second-order valence-corrected chi connectivity index (χ2v) is 5.19. The molecule has 0 fully saturated rings. The van der Waals surface area contributed by atoms with Crippen LogP contribution < -0.4 is 15.7 Å². The van der Waals surface area contributed by atoms with Crippen molar-refractivity contribution in [2.24, 2.45) is 5.10 Å². The second kappa shape index (κ2) is 7.92. The van der Waals surface area contributed by atoms with Gasteiger partial charge in [-0.25, -0.2) is 10.4 Å². The third-order valence-corrected chi connectivity index (χ3v) is 3.40. The van der Waals surface area contributed by atoms with Gasteiger partial charge < -0.3 is 4.74 Å². The lowest BCUT2D eigenvalue weighted by Gasteiger charge is -2.06. The molecule has 126 valence electrons. The molecule has 0 spiro atoms. The monoisotopic (exact) mass is 334 g/mol. The zero-order chi connectivity index (χ0) is 17.5. The minimum atomic E-state index is -0.249. The minimum absolute atomic E-state index is 0.249. The summed E-state index contributed by atoms with van der Waals surface area (Å²) in [7, 11) is 0. The summed E-state index contributed by atoms with van der Waals surface area (Å²) < 4.78 is 5.54. The number of anilines is 1. The standard InChI is InChI=1S/C19H18N4O2/c1-2-25-17-11-7-6-10-15(17)13-20-23-19-21-16(12-18(24)22-19)14-8-4-3-5-9-14/h3-13H,2H2,1H3,(H2,21,22,23,24)/b20-13+. The topological polar surface area (TPSA) is 79.4 Å². The van der Waals surface area contributed by atoms with Crippen molar-refractivity contribution in [3.63, 3.8) is 0 Å². The predicted molar refractivity (Wildman–Crippen MR) is 99.1 cm³/mol. The molecule has 1 aromatic heterocycles. The molecule has 6 nitrogen and oxygen atoms in total. The molecule has 0 bridgehead atoms. The van der Waals surface area contributed by atoms with Crippen LogP contribution in [0.2, 0.25) is 0 Å². The van der Waals surface area contributed by atoms with E-state index in [4.69, 9.17) is 4.74 Å². The van der Waals surface area contributed by atoms with Crippen molar-refractivity contribution >= 4 is 12.2 Å². The van der Waals surface area contributed by atoms with E-state index < -0.39 is 0 Å². The highest BCUT2D eigenvalue weighted by Gasteiger charge is 2.03. The third kappa shape index (κ3) is 4.32. The molecule has 0 saturated heterocycles. The Balaban J connectivity index is 1.80. The SMILES string of the molecule is CCOc1ccccc1/C=N/Nc1nc(-c2ccccc2)cc(=O)[nH]1. The summed E-state index contributed by atoms with van der Waals surface area (Å²) in [6, 6.07) is 18.5. The number of benzene rings is 2. The molecule has 6 heteroatoms. The highest BCUT2D eigenvalue weighted by molar-refractivity contribution is 5.83. The van der Waals surface area contributed by atoms with Crippen molar-refractivity contribution in [2.45, 2.75) is 6.92 Å². The first-order chi connectivity index (χ1) is 12.3. The minimum Gasteiger partial charge on any atom is -0.493 e. The molecule has 0 aliphatic carbocycles. The molecule has 0 radical (unpaired) electrons. The quantitative estimate of drug-likeness (QED) is 0.535. The van der Waals surface area contributed by atoms with Crippen LogP contribution in [-0.4, -0.2) is 22.8 Å². The van der Waals surface area contributed by atoms with Gasteiger partial charge in [-0.3, -0.25) is 9.78 Å². The summed E-state index contributed by atoms with van der Waals surface area (Å²) in [4.78, 5) is 18.9. The molecule has 0 saturated carbocycles. The van der Waals surface area contributed by atoms with Gasteiger partial charge in [0.2, 0.25) is 5.95 Å². The average molecular weight is 334 g/mol. The van der Waals surface area contributed by atoms with Crippen LogP contribution in [0.5, 0.6) is 5.75 Å². The Morgan fingerprint density at radius 2 is 1.92 bits per heavy atom. The van der Waals surface area contributed by atoms with E-state index >= 15 is 0 Å². The van der Waals surface area contributed by atoms with Gasteiger partial charge in [0.1, 0.15) is 5.75 Å². The fraction of sp³-hybridized carbons (Fsp3) is 0.105. The Labute approximate surface area is 145 Å². The van der Waals surface area contributed by atoms with Crippen molar-refractivity contribution in [1.29, 1.82) is 0 Å². The molecular formula is C19H18N4O2. The molecule has 0 atom stereocenters. The first kappa shape index (κ1) is 16.4. The van der Waals surface area contributed by atoms with Crippen molar-refractivity contribution in [2.75, 3.05) is 12.0 Å². The van der Waals surface area contributed by atoms with E-state index in [1.165, 1.54) is 6.07 Å². The molecule has 1 heterocycles. The van der Waals surface area contributed by atoms with Gasteiger partial charge >= 0.3 is 0 Å². The summed E-state index contributed by atoms with van der Waals surface area (Å²) in [6.07, 6.45) is 1.63. The number of aromatic amines is 1. The molecule has 0 aliphatic heterocycles. The molecule has 0 aliphatic rings. The van der Waals surface area contributed by atoms with Crippen LogP contribution >= 0.6 is 0 Å². The highest BCUT2D eigenvalue weighted by atomic mass is 16.5. The van der Waals surface area contributed by atoms with Crippen molar-refractivity contribution < 1.29 is 4.74 Å². The first-order valence-corrected chi connectivity index (χ1v) is 7.94. The van der Waals surface area contributed by atoms with E-state index in [-0.39, 0.29) is 11.5 Å². The lowest BCUT2D eigenvalue weighted by Crippen LogP contribution is -2.10. The smallest absolute Gasteiger partial charge is 0.252 e. The van der Waals surface area contributed by atoms with Crippen molar-refractivity contribution in [1.82, 2.24) is 9.97 Å². The number of hydrogen-bond donors (Lipinski definition) is 2. The fourth-order valence-corrected chi connectivity index (χ4v) is 2.30. The van der Waals surface area contributed by atoms with Gasteiger partial charge in [-0.15, -0.1) is 0 Å². The van der Waals surface area contributed by atoms with Crippen LogP contribution in [0.4, 0.5) is 5.95 Å². The zero-order valence-corrected chi connectivity index (χ0v) is 13.8. The van der Waals surface area contributed by atoms with Gasteiger partial charge in [-0.1, -0.05) is 42.5 Å². The number of nitrogens with one attached hydrogen (secondary N) is 2. The number of rotatable bonds is 6. The summed E-state index contributed by atoms with van der Waals surface area (Å²) in [5.74, 6) is 1.02. The van der Waals surface area contributed by atoms with Crippen molar-refractivity contribution in [3.05, 3.63) is 76.6 Å². The largest absolute Gasteiger partial charge is 0.493 e. The molecule has 2 N–H and O–H groups in total. The fourth-order valence-electron chi connectivity index (χ4n) is 2.30. The Bertz CT molecular complexity index is 920. The number of para-hydroxylation sites is 1. The predicted octanol–water partition coefficient (Wildman–Crippen LogP) is 3.28. The van der Waals surface area contributed by atoms with Crippen LogP contribution in [0.3, 0.4) is 0 Å². The normalized spacial score (nSPS) is 10.8. The van der Waals surface area contributed by atoms with Gasteiger partial charge in [0.05, 0.1) is 18.5 Å². The molecule has 3 rings (SSSR count). The zero-order valence-electron chi connectivity index (χ0n) is 13.8. The number of nitrogens with zero attached hydrogens (tertiary/aromatic N) is 2. The van der Waals surface area contributed by atoms with Gasteiger partial charge in [0.25, 0.3) is 5.56 Å². The lowest BCUT2D eigenvalue weighted by atomic mass is 10.1. The Kier molecular flexibility index (Phi) is 5.21. The Morgan fingerprint density at radius 3 is 2.72 bits per heavy atom. The number of ether oxygens (including phenoxy) is 1. The Morgan fingerprint density at radius 1 is 1.16 bits per heavy atom. The maximum Gasteiger partial charge on any atom is 0.252 e. The van der Waals surface area contributed by atoms with E-state index in [0.717, 1.165) is 16.9 Å². The first-order valence-electron chi connectivity index (χ1n) is 7.94.